The molecule has 0 saturated heterocycles. The molecule has 0 spiro atoms. The van der Waals surface area contributed by atoms with E-state index in [0.29, 0.717) is 0 Å². The van der Waals surface area contributed by atoms with Gasteiger partial charge in [0.25, 0.3) is 0 Å². The van der Waals surface area contributed by atoms with Crippen LogP contribution in [0.5, 0.6) is 0 Å². The number of rotatable bonds is 1. The molecule has 17 heavy (non-hydrogen) atoms. The first-order valence-corrected chi connectivity index (χ1v) is 3.95. The Bertz CT molecular complexity index is 389. The number of hydrogen-bond acceptors (Lipinski definition) is 4. The molecule has 0 amide bonds. The molecular formula is C7H8F3N3O4. The minimum Gasteiger partial charge on any atom is -0.473 e. The predicted octanol–water partition coefficient (Wildman–Crippen LogP) is 0.0428. The van der Waals surface area contributed by atoms with Gasteiger partial charge in [0, 0.05) is 12.1 Å². The van der Waals surface area contributed by atoms with Crippen LogP contribution in [-0.4, -0.2) is 32.3 Å². The molecule has 0 fully saturated rings. The number of carbonyl (C=O) groups is 2. The summed E-state index contributed by atoms with van der Waals surface area (Å²) in [5.74, 6) is -3.65. The highest BCUT2D eigenvalue weighted by Gasteiger charge is 2.34. The molecule has 0 aliphatic heterocycles. The topological polar surface area (TPSA) is 129 Å². The number of carboxylic acids is 2. The number of aliphatic carboxylic acids is 2. The molecule has 1 rings (SSSR count). The number of nitrogens with one attached hydrogen (secondary N) is 1. The normalized spacial score (nSPS) is 10.4. The number of H-pyrrole nitrogens is 1. The van der Waals surface area contributed by atoms with Crippen LogP contribution in [0.1, 0.15) is 11.3 Å². The maximum Gasteiger partial charge on any atom is 0.433 e. The Hall–Kier alpha value is -2.10. The van der Waals surface area contributed by atoms with E-state index in [-0.39, 0.29) is 12.1 Å². The van der Waals surface area contributed by atoms with Crippen LogP contribution in [-0.2, 0) is 22.3 Å². The van der Waals surface area contributed by atoms with Crippen molar-refractivity contribution in [3.8, 4) is 0 Å². The van der Waals surface area contributed by atoms with Gasteiger partial charge in [-0.1, -0.05) is 0 Å². The van der Waals surface area contributed by atoms with E-state index < -0.39 is 23.8 Å². The third-order valence-corrected chi connectivity index (χ3v) is 1.40. The Morgan fingerprint density at radius 1 is 1.35 bits per heavy atom. The van der Waals surface area contributed by atoms with E-state index in [0.717, 1.165) is 6.20 Å². The summed E-state index contributed by atoms with van der Waals surface area (Å²) in [4.78, 5) is 18.2. The van der Waals surface area contributed by atoms with Crippen molar-refractivity contribution >= 4 is 11.9 Å². The molecule has 1 heterocycles. The molecule has 10 heteroatoms. The first kappa shape index (κ1) is 14.9. The molecule has 1 aromatic rings. The Labute approximate surface area is 92.0 Å². The van der Waals surface area contributed by atoms with Gasteiger partial charge in [0.15, 0.2) is 0 Å². The van der Waals surface area contributed by atoms with Crippen molar-refractivity contribution in [2.24, 2.45) is 5.73 Å². The largest absolute Gasteiger partial charge is 0.473 e. The molecule has 0 aliphatic rings. The van der Waals surface area contributed by atoms with E-state index in [1.807, 2.05) is 5.10 Å². The quantitative estimate of drug-likeness (QED) is 0.524. The van der Waals surface area contributed by atoms with Crippen molar-refractivity contribution in [2.75, 3.05) is 0 Å². The number of nitrogens with zero attached hydrogens (tertiary/aromatic N) is 1. The Morgan fingerprint density at radius 3 is 2.06 bits per heavy atom. The molecule has 0 saturated carbocycles. The number of halogens is 3. The second-order valence-electron chi connectivity index (χ2n) is 2.58. The summed E-state index contributed by atoms with van der Waals surface area (Å²) >= 11 is 0. The second-order valence-corrected chi connectivity index (χ2v) is 2.58. The van der Waals surface area contributed by atoms with Crippen molar-refractivity contribution in [1.82, 2.24) is 10.2 Å². The molecule has 5 N–H and O–H groups in total. The number of aromatic nitrogens is 2. The summed E-state index contributed by atoms with van der Waals surface area (Å²) in [5.41, 5.74) is 4.15. The SMILES string of the molecule is NCc1cn[nH]c1C(F)(F)F.O=C(O)C(=O)O. The van der Waals surface area contributed by atoms with Crippen molar-refractivity contribution in [1.29, 1.82) is 0 Å². The van der Waals surface area contributed by atoms with Crippen molar-refractivity contribution in [2.45, 2.75) is 12.7 Å². The zero-order valence-corrected chi connectivity index (χ0v) is 8.15. The molecule has 7 nitrogen and oxygen atoms in total. The lowest BCUT2D eigenvalue weighted by Gasteiger charge is -2.04. The Balaban J connectivity index is 0.000000366. The van der Waals surface area contributed by atoms with E-state index in [1.165, 1.54) is 0 Å². The number of aromatic amines is 1. The Morgan fingerprint density at radius 2 is 1.82 bits per heavy atom. The third-order valence-electron chi connectivity index (χ3n) is 1.40. The standard InChI is InChI=1S/C5H6F3N3.C2H2O4/c6-5(7,8)4-3(1-9)2-10-11-4;3-1(4)2(5)6/h2H,1,9H2,(H,10,11);(H,3,4)(H,5,6). The molecule has 0 bridgehead atoms. The second kappa shape index (κ2) is 5.84. The van der Waals surface area contributed by atoms with Crippen molar-refractivity contribution in [3.05, 3.63) is 17.5 Å². The molecule has 1 aromatic heterocycles. The highest BCUT2D eigenvalue weighted by molar-refractivity contribution is 6.27. The summed E-state index contributed by atoms with van der Waals surface area (Å²) in [6.45, 7) is -0.161. The summed E-state index contributed by atoms with van der Waals surface area (Å²) in [6.07, 6.45) is -3.31. The van der Waals surface area contributed by atoms with E-state index in [4.69, 9.17) is 25.5 Å². The summed E-state index contributed by atoms with van der Waals surface area (Å²) in [7, 11) is 0. The molecule has 0 aromatic carbocycles. The fraction of sp³-hybridized carbons (Fsp3) is 0.286. The van der Waals surface area contributed by atoms with E-state index in [9.17, 15) is 13.2 Å². The number of carboxylic acid groups (broad SMARTS) is 2. The van der Waals surface area contributed by atoms with Crippen LogP contribution in [0.15, 0.2) is 6.20 Å². The average Bonchev–Trinajstić information content (AvgIpc) is 2.65. The maximum atomic E-state index is 11.9. The predicted molar refractivity (Wildman–Crippen MR) is 46.8 cm³/mol. The lowest BCUT2D eigenvalue weighted by atomic mass is 10.2. The van der Waals surface area contributed by atoms with E-state index in [1.54, 1.807) is 0 Å². The first-order chi connectivity index (χ1) is 7.70. The highest BCUT2D eigenvalue weighted by Crippen LogP contribution is 2.29. The third kappa shape index (κ3) is 4.97. The van der Waals surface area contributed by atoms with Crippen LogP contribution >= 0.6 is 0 Å². The average molecular weight is 255 g/mol. The number of hydrogen-bond donors (Lipinski definition) is 4. The lowest BCUT2D eigenvalue weighted by molar-refractivity contribution is -0.159. The zero-order valence-electron chi connectivity index (χ0n) is 8.15. The van der Waals surface area contributed by atoms with E-state index >= 15 is 0 Å². The van der Waals surface area contributed by atoms with Crippen LogP contribution in [0, 0.1) is 0 Å². The summed E-state index contributed by atoms with van der Waals surface area (Å²) in [6, 6.07) is 0. The van der Waals surface area contributed by atoms with Crippen molar-refractivity contribution < 1.29 is 33.0 Å². The molecular weight excluding hydrogens is 247 g/mol. The molecule has 96 valence electrons. The van der Waals surface area contributed by atoms with E-state index in [2.05, 4.69) is 5.10 Å². The van der Waals surface area contributed by atoms with Gasteiger partial charge in [-0.15, -0.1) is 0 Å². The zero-order chi connectivity index (χ0) is 13.6. The van der Waals surface area contributed by atoms with Gasteiger partial charge in [-0.2, -0.15) is 18.3 Å². The van der Waals surface area contributed by atoms with Gasteiger partial charge in [-0.05, 0) is 0 Å². The smallest absolute Gasteiger partial charge is 0.433 e. The molecule has 0 radical (unpaired) electrons. The Kier molecular flexibility index (Phi) is 5.12. The lowest BCUT2D eigenvalue weighted by Crippen LogP contribution is -2.10. The molecule has 0 aliphatic carbocycles. The van der Waals surface area contributed by atoms with Gasteiger partial charge >= 0.3 is 18.1 Å². The monoisotopic (exact) mass is 255 g/mol. The van der Waals surface area contributed by atoms with Gasteiger partial charge in [-0.3, -0.25) is 5.10 Å². The first-order valence-electron chi connectivity index (χ1n) is 3.95. The van der Waals surface area contributed by atoms with Gasteiger partial charge < -0.3 is 15.9 Å². The summed E-state index contributed by atoms with van der Waals surface area (Å²) < 4.78 is 35.8. The number of nitrogens with two attached hydrogens (primary N) is 1. The van der Waals surface area contributed by atoms with Crippen LogP contribution in [0.25, 0.3) is 0 Å². The fourth-order valence-electron chi connectivity index (χ4n) is 0.711. The van der Waals surface area contributed by atoms with Crippen LogP contribution in [0.4, 0.5) is 13.2 Å². The highest BCUT2D eigenvalue weighted by atomic mass is 19.4. The fourth-order valence-corrected chi connectivity index (χ4v) is 0.711. The molecule has 0 unspecified atom stereocenters. The van der Waals surface area contributed by atoms with Crippen molar-refractivity contribution in [3.63, 3.8) is 0 Å². The van der Waals surface area contributed by atoms with Crippen LogP contribution in [0.3, 0.4) is 0 Å². The van der Waals surface area contributed by atoms with Gasteiger partial charge in [0.1, 0.15) is 5.69 Å². The minimum absolute atomic E-state index is 0.0162. The maximum absolute atomic E-state index is 11.9. The minimum atomic E-state index is -4.38. The molecule has 0 atom stereocenters. The van der Waals surface area contributed by atoms with Gasteiger partial charge in [0.05, 0.1) is 6.20 Å². The van der Waals surface area contributed by atoms with Gasteiger partial charge in [-0.25, -0.2) is 9.59 Å². The number of alkyl halides is 3. The van der Waals surface area contributed by atoms with Gasteiger partial charge in [0.2, 0.25) is 0 Å². The summed E-state index contributed by atoms with van der Waals surface area (Å²) in [5, 5.41) is 19.9. The van der Waals surface area contributed by atoms with Crippen LogP contribution in [0.2, 0.25) is 0 Å². The van der Waals surface area contributed by atoms with Crippen LogP contribution < -0.4 is 5.73 Å².